The minimum Gasteiger partial charge on any atom is -0.403 e. The number of aromatic nitrogens is 2. The molecule has 2 N–H and O–H groups in total. The zero-order chi connectivity index (χ0) is 15.5. The molecular weight excluding hydrogens is 276 g/mol. The number of hydrogen-bond acceptors (Lipinski definition) is 5. The molecule has 0 radical (unpaired) electrons. The first-order valence-electron chi connectivity index (χ1n) is 7.21. The number of anilines is 3. The molecule has 0 saturated heterocycles. The van der Waals surface area contributed by atoms with Gasteiger partial charge in [0, 0.05) is 23.5 Å². The topological polar surface area (TPSA) is 68.2 Å². The number of hydrogen-bond donors (Lipinski definition) is 1. The highest BCUT2D eigenvalue weighted by Crippen LogP contribution is 2.28. The van der Waals surface area contributed by atoms with Gasteiger partial charge in [0.2, 0.25) is 5.89 Å². The molecule has 0 aliphatic carbocycles. The Kier molecular flexibility index (Phi) is 3.78. The molecule has 1 aromatic heterocycles. The maximum atomic E-state index is 5.82. The average molecular weight is 294 g/mol. The van der Waals surface area contributed by atoms with E-state index in [1.54, 1.807) is 0 Å². The van der Waals surface area contributed by atoms with E-state index >= 15 is 0 Å². The molecule has 0 spiro atoms. The third-order valence-corrected chi connectivity index (χ3v) is 3.43. The summed E-state index contributed by atoms with van der Waals surface area (Å²) >= 11 is 0. The van der Waals surface area contributed by atoms with Crippen molar-refractivity contribution in [2.45, 2.75) is 13.8 Å². The van der Waals surface area contributed by atoms with Crippen LogP contribution in [0.5, 0.6) is 0 Å². The molecule has 2 aromatic carbocycles. The van der Waals surface area contributed by atoms with Gasteiger partial charge in [-0.3, -0.25) is 4.90 Å². The van der Waals surface area contributed by atoms with Gasteiger partial charge in [-0.15, -0.1) is 5.10 Å². The third-order valence-electron chi connectivity index (χ3n) is 3.43. The second kappa shape index (κ2) is 5.89. The summed E-state index contributed by atoms with van der Waals surface area (Å²) in [6.07, 6.45) is 0. The van der Waals surface area contributed by atoms with Gasteiger partial charge < -0.3 is 10.2 Å². The molecule has 0 unspecified atom stereocenters. The van der Waals surface area contributed by atoms with Crippen molar-refractivity contribution < 1.29 is 4.42 Å². The Morgan fingerprint density at radius 2 is 1.86 bits per heavy atom. The molecule has 0 atom stereocenters. The maximum Gasteiger partial charge on any atom is 0.323 e. The molecule has 3 aromatic rings. The van der Waals surface area contributed by atoms with Crippen LogP contribution >= 0.6 is 0 Å². The Hall–Kier alpha value is -2.82. The Balaban J connectivity index is 1.93. The lowest BCUT2D eigenvalue weighted by Gasteiger charge is -2.18. The van der Waals surface area contributed by atoms with Crippen LogP contribution in [0.2, 0.25) is 0 Å². The van der Waals surface area contributed by atoms with E-state index in [2.05, 4.69) is 36.2 Å². The van der Waals surface area contributed by atoms with Crippen molar-refractivity contribution in [1.29, 1.82) is 0 Å². The number of aryl methyl sites for hydroxylation is 1. The number of nitrogens with two attached hydrogens (primary N) is 1. The van der Waals surface area contributed by atoms with Gasteiger partial charge in [-0.25, -0.2) is 0 Å². The van der Waals surface area contributed by atoms with Crippen molar-refractivity contribution in [1.82, 2.24) is 10.2 Å². The molecule has 112 valence electrons. The predicted molar refractivity (Wildman–Crippen MR) is 88.0 cm³/mol. The first kappa shape index (κ1) is 14.1. The molecule has 22 heavy (non-hydrogen) atoms. The highest BCUT2D eigenvalue weighted by molar-refractivity contribution is 5.60. The molecule has 1 heterocycles. The maximum absolute atomic E-state index is 5.82. The molecule has 0 fully saturated rings. The molecular formula is C17H18N4O. The summed E-state index contributed by atoms with van der Waals surface area (Å²) in [5.74, 6) is 0.487. The lowest BCUT2D eigenvalue weighted by atomic mass is 10.2. The van der Waals surface area contributed by atoms with Crippen LogP contribution in [0.15, 0.2) is 52.9 Å². The second-order valence-corrected chi connectivity index (χ2v) is 5.10. The quantitative estimate of drug-likeness (QED) is 0.741. The van der Waals surface area contributed by atoms with E-state index in [1.165, 1.54) is 5.56 Å². The summed E-state index contributed by atoms with van der Waals surface area (Å²) < 4.78 is 5.82. The first-order valence-corrected chi connectivity index (χ1v) is 7.21. The number of nitrogen functional groups attached to an aromatic ring is 1. The molecule has 0 saturated carbocycles. The van der Waals surface area contributed by atoms with E-state index in [1.807, 2.05) is 41.3 Å². The Morgan fingerprint density at radius 3 is 2.55 bits per heavy atom. The normalized spacial score (nSPS) is 10.6. The van der Waals surface area contributed by atoms with E-state index < -0.39 is 0 Å². The number of benzene rings is 2. The fourth-order valence-corrected chi connectivity index (χ4v) is 2.29. The Labute approximate surface area is 129 Å². The summed E-state index contributed by atoms with van der Waals surface area (Å²) in [5.41, 5.74) is 9.48. The van der Waals surface area contributed by atoms with Gasteiger partial charge in [0.15, 0.2) is 0 Å². The van der Waals surface area contributed by atoms with Crippen LogP contribution in [0.1, 0.15) is 12.5 Å². The van der Waals surface area contributed by atoms with Gasteiger partial charge in [-0.1, -0.05) is 17.2 Å². The van der Waals surface area contributed by atoms with E-state index in [9.17, 15) is 0 Å². The van der Waals surface area contributed by atoms with Gasteiger partial charge in [0.25, 0.3) is 0 Å². The zero-order valence-corrected chi connectivity index (χ0v) is 12.7. The minimum atomic E-state index is 0.486. The van der Waals surface area contributed by atoms with Crippen molar-refractivity contribution >= 4 is 17.4 Å². The van der Waals surface area contributed by atoms with Crippen LogP contribution in [0, 0.1) is 6.92 Å². The van der Waals surface area contributed by atoms with Crippen molar-refractivity contribution in [2.24, 2.45) is 0 Å². The van der Waals surface area contributed by atoms with E-state index in [-0.39, 0.29) is 0 Å². The molecule has 3 rings (SSSR count). The Morgan fingerprint density at radius 1 is 1.09 bits per heavy atom. The van der Waals surface area contributed by atoms with Gasteiger partial charge in [-0.2, -0.15) is 0 Å². The molecule has 0 aliphatic rings. The fourth-order valence-electron chi connectivity index (χ4n) is 2.29. The second-order valence-electron chi connectivity index (χ2n) is 5.10. The minimum absolute atomic E-state index is 0.486. The van der Waals surface area contributed by atoms with Gasteiger partial charge in [0.05, 0.1) is 0 Å². The van der Waals surface area contributed by atoms with Crippen molar-refractivity contribution in [3.8, 4) is 11.5 Å². The third kappa shape index (κ3) is 2.79. The average Bonchev–Trinajstić information content (AvgIpc) is 2.98. The van der Waals surface area contributed by atoms with Gasteiger partial charge in [0.1, 0.15) is 0 Å². The van der Waals surface area contributed by atoms with Crippen LogP contribution in [-0.4, -0.2) is 16.7 Å². The Bertz CT molecular complexity index is 764. The zero-order valence-electron chi connectivity index (χ0n) is 12.7. The van der Waals surface area contributed by atoms with Crippen molar-refractivity contribution in [3.63, 3.8) is 0 Å². The molecule has 5 nitrogen and oxygen atoms in total. The van der Waals surface area contributed by atoms with Gasteiger partial charge in [-0.05, 0) is 55.8 Å². The van der Waals surface area contributed by atoms with Crippen LogP contribution < -0.4 is 10.6 Å². The smallest absolute Gasteiger partial charge is 0.323 e. The summed E-state index contributed by atoms with van der Waals surface area (Å²) in [6, 6.07) is 16.1. The van der Waals surface area contributed by atoms with Gasteiger partial charge >= 0.3 is 6.01 Å². The van der Waals surface area contributed by atoms with E-state index in [4.69, 9.17) is 10.2 Å². The lowest BCUT2D eigenvalue weighted by Crippen LogP contribution is -2.16. The molecule has 5 heteroatoms. The van der Waals surface area contributed by atoms with E-state index in [0.717, 1.165) is 17.8 Å². The predicted octanol–water partition coefficient (Wildman–Crippen LogP) is 3.79. The standard InChI is InChI=1S/C17H18N4O/c1-3-21(15-6-4-5-12(2)11-15)17-20-19-16(22-17)13-7-9-14(18)10-8-13/h4-11H,3,18H2,1-2H3. The lowest BCUT2D eigenvalue weighted by molar-refractivity contribution is 0.565. The first-order chi connectivity index (χ1) is 10.7. The van der Waals surface area contributed by atoms with E-state index in [0.29, 0.717) is 17.6 Å². The van der Waals surface area contributed by atoms with Crippen LogP contribution in [0.4, 0.5) is 17.4 Å². The SMILES string of the molecule is CCN(c1cccc(C)c1)c1nnc(-c2ccc(N)cc2)o1. The summed E-state index contributed by atoms with van der Waals surface area (Å²) in [4.78, 5) is 1.99. The van der Waals surface area contributed by atoms with Crippen LogP contribution in [-0.2, 0) is 0 Å². The molecule has 0 bridgehead atoms. The van der Waals surface area contributed by atoms with Crippen molar-refractivity contribution in [3.05, 3.63) is 54.1 Å². The van der Waals surface area contributed by atoms with Crippen molar-refractivity contribution in [2.75, 3.05) is 17.2 Å². The monoisotopic (exact) mass is 294 g/mol. The molecule has 0 aliphatic heterocycles. The summed E-state index contributed by atoms with van der Waals surface area (Å²) in [7, 11) is 0. The number of nitrogens with zero attached hydrogens (tertiary/aromatic N) is 3. The summed E-state index contributed by atoms with van der Waals surface area (Å²) in [6.45, 7) is 4.85. The summed E-state index contributed by atoms with van der Waals surface area (Å²) in [5, 5.41) is 8.30. The van der Waals surface area contributed by atoms with Crippen LogP contribution in [0.3, 0.4) is 0 Å². The number of rotatable bonds is 4. The fraction of sp³-hybridized carbons (Fsp3) is 0.176. The highest BCUT2D eigenvalue weighted by Gasteiger charge is 2.16. The highest BCUT2D eigenvalue weighted by atomic mass is 16.4. The molecule has 0 amide bonds. The van der Waals surface area contributed by atoms with Crippen LogP contribution in [0.25, 0.3) is 11.5 Å². The largest absolute Gasteiger partial charge is 0.403 e.